The molecule has 1 aliphatic heterocycles. The summed E-state index contributed by atoms with van der Waals surface area (Å²) in [5, 5.41) is 2.83. The van der Waals surface area contributed by atoms with Crippen LogP contribution in [0.3, 0.4) is 0 Å². The van der Waals surface area contributed by atoms with Crippen LogP contribution in [-0.2, 0) is 16.1 Å². The fourth-order valence-corrected chi connectivity index (χ4v) is 2.36. The van der Waals surface area contributed by atoms with Crippen LogP contribution in [0.25, 0.3) is 0 Å². The summed E-state index contributed by atoms with van der Waals surface area (Å²) in [5.41, 5.74) is 1.01. The lowest BCUT2D eigenvalue weighted by Crippen LogP contribution is -2.44. The zero-order valence-corrected chi connectivity index (χ0v) is 14.1. The smallest absolute Gasteiger partial charge is 0.239 e. The van der Waals surface area contributed by atoms with Gasteiger partial charge >= 0.3 is 0 Å². The van der Waals surface area contributed by atoms with E-state index < -0.39 is 0 Å². The molecule has 1 saturated heterocycles. The molecule has 23 heavy (non-hydrogen) atoms. The van der Waals surface area contributed by atoms with Crippen molar-refractivity contribution in [2.75, 3.05) is 51.7 Å². The van der Waals surface area contributed by atoms with Gasteiger partial charge in [-0.3, -0.25) is 9.59 Å². The van der Waals surface area contributed by atoms with E-state index in [0.29, 0.717) is 6.54 Å². The summed E-state index contributed by atoms with van der Waals surface area (Å²) < 4.78 is 0. The number of hydrogen-bond acceptors (Lipinski definition) is 5. The average molecular weight is 319 g/mol. The molecule has 1 aromatic heterocycles. The molecule has 0 bridgehead atoms. The van der Waals surface area contributed by atoms with Crippen LogP contribution in [0.15, 0.2) is 18.3 Å². The number of likely N-dealkylation sites (N-methyl/N-ethyl adjacent to an activating group) is 2. The monoisotopic (exact) mass is 319 g/mol. The van der Waals surface area contributed by atoms with Gasteiger partial charge in [0.15, 0.2) is 0 Å². The number of aromatic nitrogens is 1. The van der Waals surface area contributed by atoms with Gasteiger partial charge in [-0.25, -0.2) is 4.98 Å². The predicted octanol–water partition coefficient (Wildman–Crippen LogP) is -0.0721. The first kappa shape index (κ1) is 17.2. The molecule has 0 aromatic carbocycles. The first-order chi connectivity index (χ1) is 11.0. The van der Waals surface area contributed by atoms with E-state index in [2.05, 4.69) is 27.1 Å². The fourth-order valence-electron chi connectivity index (χ4n) is 2.36. The maximum atomic E-state index is 11.8. The highest BCUT2D eigenvalue weighted by Crippen LogP contribution is 2.14. The van der Waals surface area contributed by atoms with Crippen LogP contribution in [0, 0.1) is 0 Å². The maximum absolute atomic E-state index is 11.8. The Morgan fingerprint density at radius 3 is 2.65 bits per heavy atom. The van der Waals surface area contributed by atoms with E-state index in [1.165, 1.54) is 11.8 Å². The van der Waals surface area contributed by atoms with E-state index in [1.54, 1.807) is 13.2 Å². The van der Waals surface area contributed by atoms with Gasteiger partial charge in [0.1, 0.15) is 5.82 Å². The average Bonchev–Trinajstić information content (AvgIpc) is 2.54. The molecular weight excluding hydrogens is 294 g/mol. The van der Waals surface area contributed by atoms with Crippen molar-refractivity contribution >= 4 is 17.6 Å². The Morgan fingerprint density at radius 2 is 2.00 bits per heavy atom. The number of nitrogens with zero attached hydrogens (tertiary/aromatic N) is 4. The highest BCUT2D eigenvalue weighted by molar-refractivity contribution is 5.83. The van der Waals surface area contributed by atoms with Gasteiger partial charge in [0.05, 0.1) is 6.54 Å². The molecule has 126 valence electrons. The van der Waals surface area contributed by atoms with Crippen molar-refractivity contribution in [3.05, 3.63) is 23.9 Å². The van der Waals surface area contributed by atoms with Crippen molar-refractivity contribution in [3.8, 4) is 0 Å². The molecular formula is C16H25N5O2. The van der Waals surface area contributed by atoms with Crippen molar-refractivity contribution in [1.29, 1.82) is 0 Å². The summed E-state index contributed by atoms with van der Waals surface area (Å²) in [6, 6.07) is 3.91. The summed E-state index contributed by atoms with van der Waals surface area (Å²) in [6.45, 7) is 5.93. The molecule has 0 unspecified atom stereocenters. The van der Waals surface area contributed by atoms with Gasteiger partial charge in [0.25, 0.3) is 0 Å². The molecule has 0 radical (unpaired) electrons. The number of piperazine rings is 1. The first-order valence-corrected chi connectivity index (χ1v) is 7.82. The van der Waals surface area contributed by atoms with E-state index in [1.807, 2.05) is 12.1 Å². The number of hydrogen-bond donors (Lipinski definition) is 1. The summed E-state index contributed by atoms with van der Waals surface area (Å²) in [4.78, 5) is 33.3. The highest BCUT2D eigenvalue weighted by atomic mass is 16.2. The molecule has 1 aliphatic rings. The number of anilines is 1. The van der Waals surface area contributed by atoms with Gasteiger partial charge < -0.3 is 20.0 Å². The second-order valence-electron chi connectivity index (χ2n) is 5.96. The van der Waals surface area contributed by atoms with Crippen molar-refractivity contribution in [2.24, 2.45) is 0 Å². The Morgan fingerprint density at radius 1 is 1.30 bits per heavy atom. The molecule has 0 atom stereocenters. The van der Waals surface area contributed by atoms with Crippen molar-refractivity contribution < 1.29 is 9.59 Å². The van der Waals surface area contributed by atoms with Crippen molar-refractivity contribution in [3.63, 3.8) is 0 Å². The molecule has 7 nitrogen and oxygen atoms in total. The minimum atomic E-state index is -0.166. The first-order valence-electron chi connectivity index (χ1n) is 7.82. The van der Waals surface area contributed by atoms with Crippen LogP contribution in [0.5, 0.6) is 0 Å². The van der Waals surface area contributed by atoms with E-state index in [4.69, 9.17) is 0 Å². The third-order valence-corrected chi connectivity index (χ3v) is 4.05. The number of carbonyl (C=O) groups excluding carboxylic acids is 2. The minimum absolute atomic E-state index is 0.0751. The zero-order valence-electron chi connectivity index (χ0n) is 14.1. The van der Waals surface area contributed by atoms with E-state index >= 15 is 0 Å². The molecule has 1 N–H and O–H groups in total. The lowest BCUT2D eigenvalue weighted by Gasteiger charge is -2.33. The third kappa shape index (κ3) is 5.21. The molecule has 0 aliphatic carbocycles. The van der Waals surface area contributed by atoms with E-state index in [9.17, 15) is 9.59 Å². The summed E-state index contributed by atoms with van der Waals surface area (Å²) in [5.74, 6) is 0.660. The maximum Gasteiger partial charge on any atom is 0.239 e. The van der Waals surface area contributed by atoms with Crippen LogP contribution in [0.4, 0.5) is 5.82 Å². The Labute approximate surface area is 137 Å². The molecule has 1 fully saturated rings. The van der Waals surface area contributed by atoms with E-state index in [-0.39, 0.29) is 18.4 Å². The lowest BCUT2D eigenvalue weighted by atomic mass is 10.2. The van der Waals surface area contributed by atoms with Crippen molar-refractivity contribution in [1.82, 2.24) is 20.1 Å². The lowest BCUT2D eigenvalue weighted by molar-refractivity contribution is -0.133. The van der Waals surface area contributed by atoms with Gasteiger partial charge in [-0.2, -0.15) is 0 Å². The fraction of sp³-hybridized carbons (Fsp3) is 0.562. The summed E-state index contributed by atoms with van der Waals surface area (Å²) in [7, 11) is 3.73. The van der Waals surface area contributed by atoms with Crippen LogP contribution in [0.2, 0.25) is 0 Å². The minimum Gasteiger partial charge on any atom is -0.354 e. The van der Waals surface area contributed by atoms with Gasteiger partial charge in [-0.15, -0.1) is 0 Å². The predicted molar refractivity (Wildman–Crippen MR) is 89.1 cm³/mol. The van der Waals surface area contributed by atoms with Gasteiger partial charge in [-0.1, -0.05) is 0 Å². The SMILES string of the molecule is CC(=O)N(C)CC(=O)NCc1ccnc(N2CCN(C)CC2)c1. The molecule has 2 rings (SSSR count). The summed E-state index contributed by atoms with van der Waals surface area (Å²) >= 11 is 0. The quantitative estimate of drug-likeness (QED) is 0.823. The Hall–Kier alpha value is -2.15. The molecule has 1 aromatic rings. The largest absolute Gasteiger partial charge is 0.354 e. The topological polar surface area (TPSA) is 68.8 Å². The number of amides is 2. The molecule has 7 heteroatoms. The molecule has 0 spiro atoms. The molecule has 2 heterocycles. The number of carbonyl (C=O) groups is 2. The Kier molecular flexibility index (Phi) is 5.92. The van der Waals surface area contributed by atoms with Crippen LogP contribution < -0.4 is 10.2 Å². The van der Waals surface area contributed by atoms with E-state index in [0.717, 1.165) is 37.6 Å². The van der Waals surface area contributed by atoms with Crippen LogP contribution in [0.1, 0.15) is 12.5 Å². The zero-order chi connectivity index (χ0) is 16.8. The molecule has 0 saturated carbocycles. The van der Waals surface area contributed by atoms with Crippen molar-refractivity contribution in [2.45, 2.75) is 13.5 Å². The standard InChI is InChI=1S/C16H25N5O2/c1-13(22)20(3)12-16(23)18-11-14-4-5-17-15(10-14)21-8-6-19(2)7-9-21/h4-5,10H,6-9,11-12H2,1-3H3,(H,18,23). The second kappa shape index (κ2) is 7.92. The van der Waals surface area contributed by atoms with Gasteiger partial charge in [0, 0.05) is 52.9 Å². The highest BCUT2D eigenvalue weighted by Gasteiger charge is 2.15. The number of nitrogens with one attached hydrogen (secondary N) is 1. The van der Waals surface area contributed by atoms with Crippen LogP contribution >= 0.6 is 0 Å². The number of rotatable bonds is 5. The molecule has 2 amide bonds. The second-order valence-corrected chi connectivity index (χ2v) is 5.96. The Balaban J connectivity index is 1.87. The normalized spacial score (nSPS) is 15.3. The van der Waals surface area contributed by atoms with Crippen LogP contribution in [-0.4, -0.2) is 73.4 Å². The Bertz CT molecular complexity index is 555. The van der Waals surface area contributed by atoms with Gasteiger partial charge in [-0.05, 0) is 24.7 Å². The number of pyridine rings is 1. The third-order valence-electron chi connectivity index (χ3n) is 4.05. The van der Waals surface area contributed by atoms with Gasteiger partial charge in [0.2, 0.25) is 11.8 Å². The summed E-state index contributed by atoms with van der Waals surface area (Å²) in [6.07, 6.45) is 1.77.